The van der Waals surface area contributed by atoms with Crippen molar-refractivity contribution in [3.63, 3.8) is 0 Å². The van der Waals surface area contributed by atoms with E-state index in [4.69, 9.17) is 0 Å². The number of aliphatic imine (C=N–C) groups is 1. The topological polar surface area (TPSA) is 65.5 Å². The monoisotopic (exact) mass is 398 g/mol. The quantitative estimate of drug-likeness (QED) is 0.241. The van der Waals surface area contributed by atoms with Crippen LogP contribution in [0.2, 0.25) is 0 Å². The maximum Gasteiger partial charge on any atom is 0.222 e. The summed E-state index contributed by atoms with van der Waals surface area (Å²) in [7, 11) is 0. The van der Waals surface area contributed by atoms with E-state index in [1.807, 2.05) is 20.8 Å². The summed E-state index contributed by atoms with van der Waals surface area (Å²) in [5, 5.41) is 9.28. The maximum atomic E-state index is 11.4. The third kappa shape index (κ3) is 12.5. The Morgan fingerprint density at radius 1 is 1.05 bits per heavy atom. The van der Waals surface area contributed by atoms with Gasteiger partial charge in [0.05, 0.1) is 0 Å². The zero-order valence-electron chi connectivity index (χ0n) is 13.3. The van der Waals surface area contributed by atoms with Gasteiger partial charge in [-0.2, -0.15) is 0 Å². The highest BCUT2D eigenvalue weighted by Gasteiger charge is 2.04. The molecule has 0 heterocycles. The molecule has 1 amide bonds. The number of hydrogen-bond donors (Lipinski definition) is 3. The van der Waals surface area contributed by atoms with Crippen molar-refractivity contribution in [1.82, 2.24) is 16.0 Å². The molecule has 0 aliphatic heterocycles. The highest BCUT2D eigenvalue weighted by molar-refractivity contribution is 14.0. The van der Waals surface area contributed by atoms with E-state index in [0.717, 1.165) is 25.5 Å². The number of nitrogens with one attached hydrogen (secondary N) is 3. The standard InChI is InChI=1S/C14H30N4O.HI/c1-5-7-8-9-17-14(15-6-2)18-11-10-16-13(19)12(3)4;/h12H,5-11H2,1-4H3,(H,16,19)(H2,15,17,18);1H. The molecular formula is C14H31IN4O. The third-order valence-corrected chi connectivity index (χ3v) is 2.62. The minimum atomic E-state index is 0. The van der Waals surface area contributed by atoms with Crippen LogP contribution in [0.1, 0.15) is 47.0 Å². The summed E-state index contributed by atoms with van der Waals surface area (Å²) in [6, 6.07) is 0. The van der Waals surface area contributed by atoms with E-state index in [-0.39, 0.29) is 35.8 Å². The van der Waals surface area contributed by atoms with Crippen LogP contribution in [0.5, 0.6) is 0 Å². The number of carbonyl (C=O) groups excluding carboxylic acids is 1. The molecule has 0 rings (SSSR count). The number of nitrogens with zero attached hydrogens (tertiary/aromatic N) is 1. The number of carbonyl (C=O) groups is 1. The zero-order valence-corrected chi connectivity index (χ0v) is 15.6. The molecule has 0 aliphatic carbocycles. The smallest absolute Gasteiger partial charge is 0.222 e. The van der Waals surface area contributed by atoms with Gasteiger partial charge >= 0.3 is 0 Å². The first-order chi connectivity index (χ1) is 9.11. The fourth-order valence-corrected chi connectivity index (χ4v) is 1.47. The Labute approximate surface area is 140 Å². The van der Waals surface area contributed by atoms with Crippen molar-refractivity contribution < 1.29 is 4.79 Å². The van der Waals surface area contributed by atoms with E-state index < -0.39 is 0 Å². The molecule has 0 atom stereocenters. The van der Waals surface area contributed by atoms with Gasteiger partial charge in [0.15, 0.2) is 5.96 Å². The summed E-state index contributed by atoms with van der Waals surface area (Å²) in [5.41, 5.74) is 0. The SMILES string of the molecule is CCCCCN=C(NCC)NCCNC(=O)C(C)C.I. The normalized spacial score (nSPS) is 10.9. The van der Waals surface area contributed by atoms with E-state index in [9.17, 15) is 4.79 Å². The highest BCUT2D eigenvalue weighted by Crippen LogP contribution is 1.93. The predicted molar refractivity (Wildman–Crippen MR) is 96.8 cm³/mol. The van der Waals surface area contributed by atoms with E-state index >= 15 is 0 Å². The summed E-state index contributed by atoms with van der Waals surface area (Å²) < 4.78 is 0. The van der Waals surface area contributed by atoms with Crippen LogP contribution in [-0.2, 0) is 4.79 Å². The molecule has 0 aliphatic rings. The fraction of sp³-hybridized carbons (Fsp3) is 0.857. The molecule has 5 nitrogen and oxygen atoms in total. The summed E-state index contributed by atoms with van der Waals surface area (Å²) in [6.07, 6.45) is 3.55. The van der Waals surface area contributed by atoms with Crippen LogP contribution < -0.4 is 16.0 Å². The number of amides is 1. The summed E-state index contributed by atoms with van der Waals surface area (Å²) in [4.78, 5) is 15.9. The molecule has 0 bridgehead atoms. The predicted octanol–water partition coefficient (Wildman–Crippen LogP) is 2.12. The molecule has 0 aromatic carbocycles. The van der Waals surface area contributed by atoms with Crippen molar-refractivity contribution in [2.75, 3.05) is 26.2 Å². The van der Waals surface area contributed by atoms with E-state index in [2.05, 4.69) is 27.9 Å². The average molecular weight is 398 g/mol. The van der Waals surface area contributed by atoms with Gasteiger partial charge in [-0.3, -0.25) is 9.79 Å². The van der Waals surface area contributed by atoms with Gasteiger partial charge in [0, 0.05) is 32.1 Å². The molecule has 0 unspecified atom stereocenters. The number of rotatable bonds is 9. The molecule has 120 valence electrons. The van der Waals surface area contributed by atoms with Gasteiger partial charge < -0.3 is 16.0 Å². The number of halogens is 1. The minimum Gasteiger partial charge on any atom is -0.357 e. The zero-order chi connectivity index (χ0) is 14.5. The molecule has 0 radical (unpaired) electrons. The summed E-state index contributed by atoms with van der Waals surface area (Å²) in [5.74, 6) is 0.958. The van der Waals surface area contributed by atoms with Gasteiger partial charge in [0.25, 0.3) is 0 Å². The first-order valence-corrected chi connectivity index (χ1v) is 7.41. The lowest BCUT2D eigenvalue weighted by atomic mass is 10.2. The molecule has 0 saturated carbocycles. The third-order valence-electron chi connectivity index (χ3n) is 2.62. The second-order valence-electron chi connectivity index (χ2n) is 4.84. The number of guanidine groups is 1. The van der Waals surface area contributed by atoms with Crippen LogP contribution >= 0.6 is 24.0 Å². The van der Waals surface area contributed by atoms with Crippen molar-refractivity contribution in [2.45, 2.75) is 47.0 Å². The Morgan fingerprint density at radius 3 is 2.25 bits per heavy atom. The fourth-order valence-electron chi connectivity index (χ4n) is 1.47. The Morgan fingerprint density at radius 2 is 1.70 bits per heavy atom. The first kappa shape index (κ1) is 21.8. The average Bonchev–Trinajstić information content (AvgIpc) is 2.38. The van der Waals surface area contributed by atoms with Crippen molar-refractivity contribution >= 4 is 35.8 Å². The van der Waals surface area contributed by atoms with Crippen LogP contribution in [0.15, 0.2) is 4.99 Å². The lowest BCUT2D eigenvalue weighted by Gasteiger charge is -2.12. The molecule has 0 fully saturated rings. The van der Waals surface area contributed by atoms with E-state index in [1.165, 1.54) is 12.8 Å². The molecule has 3 N–H and O–H groups in total. The van der Waals surface area contributed by atoms with Crippen LogP contribution in [0.25, 0.3) is 0 Å². The second kappa shape index (κ2) is 14.9. The van der Waals surface area contributed by atoms with Gasteiger partial charge in [-0.1, -0.05) is 33.6 Å². The molecule has 0 aromatic rings. The van der Waals surface area contributed by atoms with Gasteiger partial charge in [-0.05, 0) is 13.3 Å². The van der Waals surface area contributed by atoms with Crippen LogP contribution in [0.3, 0.4) is 0 Å². The first-order valence-electron chi connectivity index (χ1n) is 7.41. The molecule has 20 heavy (non-hydrogen) atoms. The van der Waals surface area contributed by atoms with Crippen LogP contribution in [-0.4, -0.2) is 38.0 Å². The van der Waals surface area contributed by atoms with Crippen molar-refractivity contribution in [3.05, 3.63) is 0 Å². The van der Waals surface area contributed by atoms with Gasteiger partial charge in [-0.25, -0.2) is 0 Å². The highest BCUT2D eigenvalue weighted by atomic mass is 127. The molecule has 0 aromatic heterocycles. The second-order valence-corrected chi connectivity index (χ2v) is 4.84. The molecule has 0 spiro atoms. The molecule has 0 saturated heterocycles. The van der Waals surface area contributed by atoms with E-state index in [0.29, 0.717) is 13.1 Å². The van der Waals surface area contributed by atoms with E-state index in [1.54, 1.807) is 0 Å². The maximum absolute atomic E-state index is 11.4. The van der Waals surface area contributed by atoms with Gasteiger partial charge in [0.1, 0.15) is 0 Å². The van der Waals surface area contributed by atoms with Gasteiger partial charge in [-0.15, -0.1) is 24.0 Å². The van der Waals surface area contributed by atoms with Gasteiger partial charge in [0.2, 0.25) is 5.91 Å². The Hall–Kier alpha value is -0.530. The lowest BCUT2D eigenvalue weighted by molar-refractivity contribution is -0.123. The lowest BCUT2D eigenvalue weighted by Crippen LogP contribution is -2.42. The Kier molecular flexibility index (Phi) is 16.2. The number of hydrogen-bond acceptors (Lipinski definition) is 2. The summed E-state index contributed by atoms with van der Waals surface area (Å²) >= 11 is 0. The van der Waals surface area contributed by atoms with Crippen molar-refractivity contribution in [2.24, 2.45) is 10.9 Å². The van der Waals surface area contributed by atoms with Crippen molar-refractivity contribution in [3.8, 4) is 0 Å². The molecule has 6 heteroatoms. The Balaban J connectivity index is 0. The largest absolute Gasteiger partial charge is 0.357 e. The minimum absolute atomic E-state index is 0. The molecular weight excluding hydrogens is 367 g/mol. The van der Waals surface area contributed by atoms with Crippen molar-refractivity contribution in [1.29, 1.82) is 0 Å². The number of unbranched alkanes of at least 4 members (excludes halogenated alkanes) is 2. The Bertz CT molecular complexity index is 270. The van der Waals surface area contributed by atoms with Crippen LogP contribution in [0.4, 0.5) is 0 Å². The summed E-state index contributed by atoms with van der Waals surface area (Å²) in [6.45, 7) is 11.0. The van der Waals surface area contributed by atoms with Crippen LogP contribution in [0, 0.1) is 5.92 Å².